The molecule has 0 bridgehead atoms. The summed E-state index contributed by atoms with van der Waals surface area (Å²) in [5.74, 6) is 0.498. The summed E-state index contributed by atoms with van der Waals surface area (Å²) < 4.78 is 11.1. The van der Waals surface area contributed by atoms with Gasteiger partial charge in [-0.05, 0) is 55.3 Å². The van der Waals surface area contributed by atoms with Crippen molar-refractivity contribution in [1.29, 1.82) is 0 Å². The predicted molar refractivity (Wildman–Crippen MR) is 114 cm³/mol. The number of unbranched alkanes of at least 4 members (excludes halogenated alkanes) is 1. The molecule has 0 aliphatic carbocycles. The Hall–Kier alpha value is -2.44. The zero-order chi connectivity index (χ0) is 21.1. The molecular weight excluding hydrogens is 415 g/mol. The maximum Gasteiger partial charge on any atom is 0.269 e. The smallest absolute Gasteiger partial charge is 0.269 e. The Morgan fingerprint density at radius 2 is 1.66 bits per heavy atom. The molecule has 2 N–H and O–H groups in total. The molecule has 0 saturated carbocycles. The highest BCUT2D eigenvalue weighted by Crippen LogP contribution is 2.27. The zero-order valence-corrected chi connectivity index (χ0v) is 17.7. The Balaban J connectivity index is 1.65. The van der Waals surface area contributed by atoms with E-state index in [9.17, 15) is 9.59 Å². The molecule has 0 unspecified atom stereocenters. The van der Waals surface area contributed by atoms with Crippen LogP contribution >= 0.6 is 23.2 Å². The van der Waals surface area contributed by atoms with Gasteiger partial charge in [0.2, 0.25) is 5.91 Å². The Labute approximate surface area is 180 Å². The van der Waals surface area contributed by atoms with E-state index in [1.807, 2.05) is 0 Å². The number of amides is 2. The Kier molecular flexibility index (Phi) is 9.60. The summed E-state index contributed by atoms with van der Waals surface area (Å²) in [7, 11) is 0. The second-order valence-electron chi connectivity index (χ2n) is 6.26. The quantitative estimate of drug-likeness (QED) is 0.412. The molecule has 0 aliphatic heterocycles. The number of hydrogen-bond donors (Lipinski definition) is 2. The molecule has 0 spiro atoms. The van der Waals surface area contributed by atoms with E-state index >= 15 is 0 Å². The van der Waals surface area contributed by atoms with Gasteiger partial charge >= 0.3 is 0 Å². The first kappa shape index (κ1) is 22.8. The van der Waals surface area contributed by atoms with E-state index in [2.05, 4.69) is 17.8 Å². The Bertz CT molecular complexity index is 813. The summed E-state index contributed by atoms with van der Waals surface area (Å²) in [5, 5.41) is 0.937. The van der Waals surface area contributed by atoms with Gasteiger partial charge in [-0.25, -0.2) is 0 Å². The van der Waals surface area contributed by atoms with Gasteiger partial charge in [-0.3, -0.25) is 20.4 Å². The predicted octanol–water partition coefficient (Wildman–Crippen LogP) is 4.79. The van der Waals surface area contributed by atoms with Crippen LogP contribution in [0.4, 0.5) is 0 Å². The summed E-state index contributed by atoms with van der Waals surface area (Å²) in [6.07, 6.45) is 2.69. The van der Waals surface area contributed by atoms with Crippen molar-refractivity contribution >= 4 is 35.0 Å². The lowest BCUT2D eigenvalue weighted by Crippen LogP contribution is -2.41. The van der Waals surface area contributed by atoms with Crippen LogP contribution in [-0.2, 0) is 4.79 Å². The molecule has 0 aromatic heterocycles. The molecule has 2 amide bonds. The highest BCUT2D eigenvalue weighted by atomic mass is 35.5. The number of ether oxygens (including phenoxy) is 2. The maximum atomic E-state index is 12.1. The number of nitrogens with one attached hydrogen (secondary N) is 2. The van der Waals surface area contributed by atoms with Crippen LogP contribution in [0, 0.1) is 0 Å². The minimum atomic E-state index is -0.400. The van der Waals surface area contributed by atoms with Crippen LogP contribution in [0.3, 0.4) is 0 Å². The molecule has 0 radical (unpaired) electrons. The Morgan fingerprint density at radius 3 is 2.34 bits per heavy atom. The molecule has 6 nitrogen and oxygen atoms in total. The van der Waals surface area contributed by atoms with Gasteiger partial charge in [0.1, 0.15) is 11.5 Å². The van der Waals surface area contributed by atoms with Crippen molar-refractivity contribution < 1.29 is 19.1 Å². The number of carbonyl (C=O) groups is 2. The molecule has 2 aromatic rings. The summed E-state index contributed by atoms with van der Waals surface area (Å²) >= 11 is 11.8. The third kappa shape index (κ3) is 8.21. The minimum absolute atomic E-state index is 0.190. The molecule has 0 aliphatic rings. The van der Waals surface area contributed by atoms with Gasteiger partial charge in [-0.15, -0.1) is 0 Å². The molecule has 2 rings (SSSR count). The van der Waals surface area contributed by atoms with E-state index in [-0.39, 0.29) is 12.3 Å². The van der Waals surface area contributed by atoms with Crippen molar-refractivity contribution in [2.75, 3.05) is 13.2 Å². The lowest BCUT2D eigenvalue weighted by atomic mass is 10.2. The lowest BCUT2D eigenvalue weighted by Gasteiger charge is -2.10. The van der Waals surface area contributed by atoms with Crippen LogP contribution in [0.25, 0.3) is 0 Å². The van der Waals surface area contributed by atoms with Crippen LogP contribution in [0.15, 0.2) is 42.5 Å². The fourth-order valence-electron chi connectivity index (χ4n) is 2.31. The maximum absolute atomic E-state index is 12.1. The minimum Gasteiger partial charge on any atom is -0.494 e. The molecule has 156 valence electrons. The van der Waals surface area contributed by atoms with E-state index < -0.39 is 5.91 Å². The normalized spacial score (nSPS) is 10.3. The second kappa shape index (κ2) is 12.2. The van der Waals surface area contributed by atoms with Crippen molar-refractivity contribution in [1.82, 2.24) is 10.9 Å². The first-order chi connectivity index (χ1) is 14.0. The summed E-state index contributed by atoms with van der Waals surface area (Å²) in [6, 6.07) is 11.7. The number of rotatable bonds is 10. The van der Waals surface area contributed by atoms with E-state index in [1.165, 1.54) is 0 Å². The highest BCUT2D eigenvalue weighted by Gasteiger charge is 2.08. The lowest BCUT2D eigenvalue weighted by molar-refractivity contribution is -0.122. The van der Waals surface area contributed by atoms with Gasteiger partial charge in [0.05, 0.1) is 18.2 Å². The molecule has 0 saturated heterocycles. The number of hydrazine groups is 1. The van der Waals surface area contributed by atoms with Gasteiger partial charge in [0.15, 0.2) is 0 Å². The summed E-state index contributed by atoms with van der Waals surface area (Å²) in [4.78, 5) is 23.9. The van der Waals surface area contributed by atoms with Gasteiger partial charge in [-0.1, -0.05) is 36.5 Å². The average Bonchev–Trinajstić information content (AvgIpc) is 2.71. The first-order valence-electron chi connectivity index (χ1n) is 9.39. The van der Waals surface area contributed by atoms with Crippen molar-refractivity contribution in [2.45, 2.75) is 32.6 Å². The van der Waals surface area contributed by atoms with Crippen molar-refractivity contribution in [3.05, 3.63) is 58.1 Å². The number of hydrogen-bond acceptors (Lipinski definition) is 4. The van der Waals surface area contributed by atoms with Crippen LogP contribution < -0.4 is 20.3 Å². The van der Waals surface area contributed by atoms with E-state index in [4.69, 9.17) is 32.7 Å². The molecule has 2 aromatic carbocycles. The molecule has 29 heavy (non-hydrogen) atoms. The molecule has 0 atom stereocenters. The fraction of sp³-hybridized carbons (Fsp3) is 0.333. The number of halogens is 2. The van der Waals surface area contributed by atoms with Crippen molar-refractivity contribution in [3.8, 4) is 11.5 Å². The van der Waals surface area contributed by atoms with Crippen LogP contribution in [0.5, 0.6) is 11.5 Å². The summed E-state index contributed by atoms with van der Waals surface area (Å²) in [5.41, 5.74) is 5.20. The fourth-order valence-corrected chi connectivity index (χ4v) is 2.77. The number of benzene rings is 2. The second-order valence-corrected chi connectivity index (χ2v) is 7.10. The van der Waals surface area contributed by atoms with Gasteiger partial charge < -0.3 is 9.47 Å². The zero-order valence-electron chi connectivity index (χ0n) is 16.2. The SMILES string of the molecule is CCCCOc1ccc(C(=O)NNC(=O)CCCOc2ccc(Cl)cc2Cl)cc1. The van der Waals surface area contributed by atoms with E-state index in [0.29, 0.717) is 46.7 Å². The number of carbonyl (C=O) groups excluding carboxylic acids is 2. The van der Waals surface area contributed by atoms with Crippen LogP contribution in [0.2, 0.25) is 10.0 Å². The highest BCUT2D eigenvalue weighted by molar-refractivity contribution is 6.35. The van der Waals surface area contributed by atoms with E-state index in [0.717, 1.165) is 12.8 Å². The largest absolute Gasteiger partial charge is 0.494 e. The van der Waals surface area contributed by atoms with Gasteiger partial charge in [-0.2, -0.15) is 0 Å². The molecular formula is C21H24Cl2N2O4. The molecule has 0 fully saturated rings. The van der Waals surface area contributed by atoms with Gasteiger partial charge in [0, 0.05) is 17.0 Å². The molecule has 0 heterocycles. The average molecular weight is 439 g/mol. The standard InChI is InChI=1S/C21H24Cl2N2O4/c1-2-3-12-28-17-9-6-15(7-10-17)21(27)25-24-20(26)5-4-13-29-19-11-8-16(22)14-18(19)23/h6-11,14H,2-5,12-13H2,1H3,(H,24,26)(H,25,27). The first-order valence-corrected chi connectivity index (χ1v) is 10.1. The monoisotopic (exact) mass is 438 g/mol. The van der Waals surface area contributed by atoms with Gasteiger partial charge in [0.25, 0.3) is 5.91 Å². The van der Waals surface area contributed by atoms with Crippen LogP contribution in [-0.4, -0.2) is 25.0 Å². The van der Waals surface area contributed by atoms with Crippen molar-refractivity contribution in [2.24, 2.45) is 0 Å². The Morgan fingerprint density at radius 1 is 0.931 bits per heavy atom. The molecule has 8 heteroatoms. The topological polar surface area (TPSA) is 76.7 Å². The third-order valence-corrected chi connectivity index (χ3v) is 4.43. The van der Waals surface area contributed by atoms with E-state index in [1.54, 1.807) is 42.5 Å². The third-order valence-electron chi connectivity index (χ3n) is 3.90. The summed E-state index contributed by atoms with van der Waals surface area (Å²) in [6.45, 7) is 3.04. The van der Waals surface area contributed by atoms with Crippen LogP contribution in [0.1, 0.15) is 43.0 Å². The van der Waals surface area contributed by atoms with Crippen molar-refractivity contribution in [3.63, 3.8) is 0 Å².